The van der Waals surface area contributed by atoms with Gasteiger partial charge in [-0.3, -0.25) is 0 Å². The number of aromatic nitrogens is 1. The molecule has 6 bridgehead atoms. The van der Waals surface area contributed by atoms with Gasteiger partial charge in [-0.2, -0.15) is 0 Å². The van der Waals surface area contributed by atoms with Gasteiger partial charge in [-0.15, -0.1) is 11.3 Å². The van der Waals surface area contributed by atoms with E-state index >= 15 is 0 Å². The zero-order chi connectivity index (χ0) is 24.7. The Morgan fingerprint density at radius 3 is 2.28 bits per heavy atom. The maximum atomic E-state index is 6.74. The third kappa shape index (κ3) is 3.83. The molecule has 0 fully saturated rings. The molecule has 4 heterocycles. The first kappa shape index (κ1) is 22.7. The number of thiophene rings is 1. The van der Waals surface area contributed by atoms with E-state index in [1.54, 1.807) is 11.3 Å². The van der Waals surface area contributed by atoms with Gasteiger partial charge in [0, 0.05) is 27.6 Å². The number of fused-ring (bicyclic) bond motifs is 5. The third-order valence-corrected chi connectivity index (χ3v) is 8.00. The fraction of sp³-hybridized carbons (Fsp3) is 0.156. The van der Waals surface area contributed by atoms with E-state index in [4.69, 9.17) is 9.73 Å². The van der Waals surface area contributed by atoms with Crippen LogP contribution in [0.1, 0.15) is 50.3 Å². The SMILES string of the molecule is CCOC1(c2ccc(C)cc2)c2ccc([nH]2)/C=C\C2=NC(=C(/c3ccc(C)cc3)c3ccc1s3)/C=C2. The monoisotopic (exact) mass is 488 g/mol. The molecule has 0 aliphatic carbocycles. The lowest BCUT2D eigenvalue weighted by Gasteiger charge is -2.33. The second kappa shape index (κ2) is 9.05. The standard InChI is InChI=1S/C32H28N2OS/c1-4-35-32(24-11-7-22(3)8-12-24)29-19-16-26(34-29)14-13-25-15-17-27(33-25)31(28-18-20-30(32)36-28)23-9-5-21(2)6-10-23/h5-20,34H,4H2,1-3H3/b14-13-,31-27-. The first-order chi connectivity index (χ1) is 17.6. The molecule has 3 nitrogen and oxygen atoms in total. The molecule has 36 heavy (non-hydrogen) atoms. The van der Waals surface area contributed by atoms with Gasteiger partial charge in [-0.25, -0.2) is 4.99 Å². The number of benzene rings is 2. The molecule has 0 saturated heterocycles. The van der Waals surface area contributed by atoms with Crippen LogP contribution in [-0.2, 0) is 10.3 Å². The first-order valence-corrected chi connectivity index (χ1v) is 13.2. The van der Waals surface area contributed by atoms with E-state index in [0.29, 0.717) is 6.61 Å². The summed E-state index contributed by atoms with van der Waals surface area (Å²) in [5.41, 5.74) is 9.11. The van der Waals surface area contributed by atoms with Gasteiger partial charge in [0.1, 0.15) is 0 Å². The Balaban J connectivity index is 1.65. The van der Waals surface area contributed by atoms with Crippen LogP contribution >= 0.6 is 11.3 Å². The van der Waals surface area contributed by atoms with Gasteiger partial charge in [0.2, 0.25) is 0 Å². The van der Waals surface area contributed by atoms with E-state index in [9.17, 15) is 0 Å². The van der Waals surface area contributed by atoms with Crippen molar-refractivity contribution in [2.45, 2.75) is 26.4 Å². The summed E-state index contributed by atoms with van der Waals surface area (Å²) in [7, 11) is 0. The van der Waals surface area contributed by atoms with Crippen LogP contribution in [0.25, 0.3) is 11.6 Å². The number of hydrogen-bond donors (Lipinski definition) is 1. The highest BCUT2D eigenvalue weighted by molar-refractivity contribution is 7.13. The van der Waals surface area contributed by atoms with Gasteiger partial charge in [-0.05, 0) is 80.5 Å². The Bertz CT molecular complexity index is 1540. The molecule has 0 saturated carbocycles. The molecule has 1 N–H and O–H groups in total. The van der Waals surface area contributed by atoms with E-state index < -0.39 is 5.60 Å². The number of aromatic amines is 1. The van der Waals surface area contributed by atoms with Gasteiger partial charge < -0.3 is 9.72 Å². The summed E-state index contributed by atoms with van der Waals surface area (Å²) in [5.74, 6) is 0. The summed E-state index contributed by atoms with van der Waals surface area (Å²) in [6, 6.07) is 26.1. The number of nitrogens with zero attached hydrogens (tertiary/aromatic N) is 1. The molecule has 178 valence electrons. The van der Waals surface area contributed by atoms with E-state index in [2.05, 4.69) is 123 Å². The second-order valence-corrected chi connectivity index (χ2v) is 10.4. The van der Waals surface area contributed by atoms with Crippen LogP contribution in [0, 0.1) is 13.8 Å². The molecule has 4 heteroatoms. The molecule has 2 aromatic heterocycles. The molecule has 0 amide bonds. The minimum Gasteiger partial charge on any atom is -0.359 e. The first-order valence-electron chi connectivity index (χ1n) is 12.3. The molecule has 2 aliphatic heterocycles. The number of allylic oxidation sites excluding steroid dienone is 3. The predicted molar refractivity (Wildman–Crippen MR) is 151 cm³/mol. The van der Waals surface area contributed by atoms with Crippen molar-refractivity contribution < 1.29 is 4.74 Å². The maximum Gasteiger partial charge on any atom is 0.167 e. The Hall–Kier alpha value is -3.73. The lowest BCUT2D eigenvalue weighted by molar-refractivity contribution is 0.0214. The van der Waals surface area contributed by atoms with Crippen molar-refractivity contribution in [2.75, 3.05) is 6.61 Å². The van der Waals surface area contributed by atoms with Gasteiger partial charge in [0.25, 0.3) is 0 Å². The summed E-state index contributed by atoms with van der Waals surface area (Å²) in [6.07, 6.45) is 8.36. The van der Waals surface area contributed by atoms with Gasteiger partial charge in [0.05, 0.1) is 17.1 Å². The zero-order valence-corrected chi connectivity index (χ0v) is 21.5. The molecular formula is C32H28N2OS. The highest BCUT2D eigenvalue weighted by atomic mass is 32.1. The van der Waals surface area contributed by atoms with E-state index in [1.165, 1.54) is 16.0 Å². The lowest BCUT2D eigenvalue weighted by Crippen LogP contribution is -2.32. The van der Waals surface area contributed by atoms with Crippen LogP contribution in [-0.4, -0.2) is 17.3 Å². The van der Waals surface area contributed by atoms with Crippen LogP contribution in [0.2, 0.25) is 0 Å². The maximum absolute atomic E-state index is 6.74. The number of nitrogens with one attached hydrogen (secondary N) is 1. The topological polar surface area (TPSA) is 37.4 Å². The Kier molecular flexibility index (Phi) is 5.71. The van der Waals surface area contributed by atoms with Crippen molar-refractivity contribution in [2.24, 2.45) is 4.99 Å². The summed E-state index contributed by atoms with van der Waals surface area (Å²) in [4.78, 5) is 10.9. The van der Waals surface area contributed by atoms with E-state index in [1.807, 2.05) is 0 Å². The zero-order valence-electron chi connectivity index (χ0n) is 20.7. The van der Waals surface area contributed by atoms with Crippen molar-refractivity contribution in [3.05, 3.63) is 140 Å². The number of hydrogen-bond acceptors (Lipinski definition) is 3. The van der Waals surface area contributed by atoms with Crippen LogP contribution in [0.4, 0.5) is 0 Å². The average Bonchev–Trinajstić information content (AvgIpc) is 3.65. The molecule has 1 unspecified atom stereocenters. The van der Waals surface area contributed by atoms with Crippen LogP contribution < -0.4 is 0 Å². The van der Waals surface area contributed by atoms with Crippen LogP contribution in [0.3, 0.4) is 0 Å². The number of aliphatic imine (C=N–C) groups is 1. The largest absolute Gasteiger partial charge is 0.359 e. The smallest absolute Gasteiger partial charge is 0.167 e. The fourth-order valence-electron chi connectivity index (χ4n) is 4.97. The Labute approximate surface area is 216 Å². The molecule has 0 spiro atoms. The number of ether oxygens (including phenoxy) is 1. The van der Waals surface area contributed by atoms with Gasteiger partial charge in [-0.1, -0.05) is 59.7 Å². The van der Waals surface area contributed by atoms with Crippen LogP contribution in [0.5, 0.6) is 0 Å². The highest BCUT2D eigenvalue weighted by Gasteiger charge is 2.40. The minimum atomic E-state index is -0.742. The summed E-state index contributed by atoms with van der Waals surface area (Å²) >= 11 is 1.77. The van der Waals surface area contributed by atoms with E-state index in [-0.39, 0.29) is 0 Å². The lowest BCUT2D eigenvalue weighted by atomic mass is 9.88. The number of aryl methyl sites for hydroxylation is 2. The van der Waals surface area contributed by atoms with Gasteiger partial charge in [0.15, 0.2) is 5.60 Å². The normalized spacial score (nSPS) is 21.5. The predicted octanol–water partition coefficient (Wildman–Crippen LogP) is 7.82. The molecule has 2 aromatic carbocycles. The number of H-pyrrole nitrogens is 1. The fourth-order valence-corrected chi connectivity index (χ4v) is 6.23. The molecule has 0 radical (unpaired) electrons. The van der Waals surface area contributed by atoms with Crippen molar-refractivity contribution in [1.82, 2.24) is 4.98 Å². The summed E-state index contributed by atoms with van der Waals surface area (Å²) < 4.78 is 6.74. The molecule has 4 aromatic rings. The second-order valence-electron chi connectivity index (χ2n) is 9.30. The van der Waals surface area contributed by atoms with Crippen LogP contribution in [0.15, 0.2) is 102 Å². The summed E-state index contributed by atoms with van der Waals surface area (Å²) in [5, 5.41) is 0. The Morgan fingerprint density at radius 1 is 0.806 bits per heavy atom. The van der Waals surface area contributed by atoms with Crippen molar-refractivity contribution in [1.29, 1.82) is 0 Å². The van der Waals surface area contributed by atoms with Crippen molar-refractivity contribution >= 4 is 28.7 Å². The Morgan fingerprint density at radius 2 is 1.53 bits per heavy atom. The average molecular weight is 489 g/mol. The van der Waals surface area contributed by atoms with Gasteiger partial charge >= 0.3 is 0 Å². The molecule has 1 atom stereocenters. The molecular weight excluding hydrogens is 460 g/mol. The third-order valence-electron chi connectivity index (χ3n) is 6.80. The minimum absolute atomic E-state index is 0.577. The molecule has 2 aliphatic rings. The van der Waals surface area contributed by atoms with Crippen molar-refractivity contribution in [3.8, 4) is 0 Å². The molecule has 6 rings (SSSR count). The quantitative estimate of drug-likeness (QED) is 0.312. The van der Waals surface area contributed by atoms with Crippen molar-refractivity contribution in [3.63, 3.8) is 0 Å². The highest BCUT2D eigenvalue weighted by Crippen LogP contribution is 2.46. The summed E-state index contributed by atoms with van der Waals surface area (Å²) in [6.45, 7) is 6.88. The number of rotatable bonds is 4. The van der Waals surface area contributed by atoms with E-state index in [0.717, 1.165) is 44.4 Å².